The highest BCUT2D eigenvalue weighted by atomic mass is 127. The molecule has 0 aliphatic heterocycles. The van der Waals surface area contributed by atoms with Crippen molar-refractivity contribution >= 4 is 64.7 Å². The van der Waals surface area contributed by atoms with E-state index in [0.29, 0.717) is 22.5 Å². The van der Waals surface area contributed by atoms with E-state index in [2.05, 4.69) is 15.6 Å². The number of non-ortho nitro benzene ring substituents is 1. The lowest BCUT2D eigenvalue weighted by atomic mass is 10.2. The number of hydrogen-bond acceptors (Lipinski definition) is 4. The number of hydrogen-bond donors (Lipinski definition) is 2. The normalized spacial score (nSPS) is 10.7. The fraction of sp³-hybridized carbons (Fsp3) is 0.263. The molecule has 0 radical (unpaired) electrons. The summed E-state index contributed by atoms with van der Waals surface area (Å²) in [6.07, 6.45) is 0. The van der Waals surface area contributed by atoms with Gasteiger partial charge in [-0.15, -0.1) is 24.0 Å². The van der Waals surface area contributed by atoms with E-state index in [9.17, 15) is 14.9 Å². The van der Waals surface area contributed by atoms with Crippen LogP contribution >= 0.6 is 47.2 Å². The van der Waals surface area contributed by atoms with Gasteiger partial charge in [0.1, 0.15) is 0 Å². The first-order chi connectivity index (χ1) is 13.8. The number of amides is 1. The monoisotopic (exact) mass is 565 g/mol. The predicted octanol–water partition coefficient (Wildman–Crippen LogP) is 3.84. The van der Waals surface area contributed by atoms with Crippen molar-refractivity contribution in [3.8, 4) is 0 Å². The molecule has 0 aliphatic rings. The second-order valence-electron chi connectivity index (χ2n) is 6.32. The topological polar surface area (TPSA) is 99.9 Å². The number of halogens is 3. The van der Waals surface area contributed by atoms with E-state index in [1.165, 1.54) is 17.0 Å². The Morgan fingerprint density at radius 3 is 2.37 bits per heavy atom. The maximum atomic E-state index is 11.9. The molecule has 0 atom stereocenters. The van der Waals surface area contributed by atoms with Crippen molar-refractivity contribution in [2.45, 2.75) is 13.1 Å². The lowest BCUT2D eigenvalue weighted by Gasteiger charge is -2.15. The van der Waals surface area contributed by atoms with Gasteiger partial charge in [0.25, 0.3) is 5.69 Å². The van der Waals surface area contributed by atoms with Crippen LogP contribution in [-0.2, 0) is 17.9 Å². The lowest BCUT2D eigenvalue weighted by molar-refractivity contribution is -0.384. The van der Waals surface area contributed by atoms with Gasteiger partial charge in [-0.05, 0) is 23.3 Å². The van der Waals surface area contributed by atoms with E-state index in [0.717, 1.165) is 11.1 Å². The summed E-state index contributed by atoms with van der Waals surface area (Å²) in [5, 5.41) is 17.9. The number of benzene rings is 2. The molecular formula is C19H22Cl2IN5O3. The fourth-order valence-electron chi connectivity index (χ4n) is 2.23. The average molecular weight is 566 g/mol. The summed E-state index contributed by atoms with van der Waals surface area (Å²) in [6.45, 7) is 0.712. The van der Waals surface area contributed by atoms with Gasteiger partial charge in [0.2, 0.25) is 5.91 Å². The van der Waals surface area contributed by atoms with Gasteiger partial charge in [0, 0.05) is 42.8 Å². The van der Waals surface area contributed by atoms with Gasteiger partial charge >= 0.3 is 0 Å². The van der Waals surface area contributed by atoms with Gasteiger partial charge in [-0.1, -0.05) is 41.4 Å². The summed E-state index contributed by atoms with van der Waals surface area (Å²) in [5.41, 5.74) is 1.63. The minimum absolute atomic E-state index is 0. The van der Waals surface area contributed by atoms with Crippen LogP contribution in [0, 0.1) is 10.1 Å². The van der Waals surface area contributed by atoms with E-state index in [1.807, 2.05) is 0 Å². The molecule has 1 amide bonds. The zero-order valence-electron chi connectivity index (χ0n) is 16.4. The van der Waals surface area contributed by atoms with Crippen molar-refractivity contribution in [3.63, 3.8) is 0 Å². The molecule has 0 heterocycles. The highest BCUT2D eigenvalue weighted by Crippen LogP contribution is 2.20. The highest BCUT2D eigenvalue weighted by molar-refractivity contribution is 14.0. The van der Waals surface area contributed by atoms with E-state index in [-0.39, 0.29) is 48.7 Å². The number of rotatable bonds is 7. The lowest BCUT2D eigenvalue weighted by Crippen LogP contribution is -2.42. The number of guanidine groups is 1. The Morgan fingerprint density at radius 2 is 1.80 bits per heavy atom. The van der Waals surface area contributed by atoms with Crippen molar-refractivity contribution in [2.75, 3.05) is 20.6 Å². The molecular weight excluding hydrogens is 544 g/mol. The van der Waals surface area contributed by atoms with E-state index < -0.39 is 4.92 Å². The quantitative estimate of drug-likeness (QED) is 0.175. The van der Waals surface area contributed by atoms with E-state index >= 15 is 0 Å². The van der Waals surface area contributed by atoms with Crippen LogP contribution in [0.15, 0.2) is 47.5 Å². The molecule has 11 heteroatoms. The minimum Gasteiger partial charge on any atom is -0.352 e. The molecule has 2 aromatic carbocycles. The fourth-order valence-corrected chi connectivity index (χ4v) is 2.70. The van der Waals surface area contributed by atoms with Gasteiger partial charge in [0.05, 0.1) is 18.0 Å². The van der Waals surface area contributed by atoms with Crippen molar-refractivity contribution in [3.05, 3.63) is 73.8 Å². The molecule has 2 N–H and O–H groups in total. The second-order valence-corrected chi connectivity index (χ2v) is 7.16. The zero-order valence-corrected chi connectivity index (χ0v) is 20.2. The summed E-state index contributed by atoms with van der Waals surface area (Å²) in [4.78, 5) is 28.1. The van der Waals surface area contributed by atoms with E-state index in [4.69, 9.17) is 23.2 Å². The summed E-state index contributed by atoms with van der Waals surface area (Å²) < 4.78 is 0. The van der Waals surface area contributed by atoms with Crippen molar-refractivity contribution in [1.29, 1.82) is 0 Å². The van der Waals surface area contributed by atoms with Crippen LogP contribution in [0.3, 0.4) is 0 Å². The molecule has 2 aromatic rings. The Labute approximate surface area is 201 Å². The van der Waals surface area contributed by atoms with Crippen molar-refractivity contribution < 1.29 is 9.72 Å². The van der Waals surface area contributed by atoms with Crippen LogP contribution < -0.4 is 10.6 Å². The molecule has 162 valence electrons. The molecule has 0 saturated carbocycles. The third kappa shape index (κ3) is 8.33. The van der Waals surface area contributed by atoms with Crippen LogP contribution in [0.5, 0.6) is 0 Å². The molecule has 0 aromatic heterocycles. The van der Waals surface area contributed by atoms with Gasteiger partial charge in [-0.3, -0.25) is 14.9 Å². The van der Waals surface area contributed by atoms with Crippen molar-refractivity contribution in [1.82, 2.24) is 15.5 Å². The molecule has 0 bridgehead atoms. The number of nitrogens with zero attached hydrogens (tertiary/aromatic N) is 3. The Bertz CT molecular complexity index is 908. The summed E-state index contributed by atoms with van der Waals surface area (Å²) in [6, 6.07) is 11.3. The van der Waals surface area contributed by atoms with Crippen LogP contribution in [0.1, 0.15) is 11.1 Å². The molecule has 2 rings (SSSR count). The molecule has 0 saturated heterocycles. The first-order valence-corrected chi connectivity index (χ1v) is 9.41. The van der Waals surface area contributed by atoms with Gasteiger partial charge in [-0.25, -0.2) is 4.99 Å². The molecule has 0 aliphatic carbocycles. The van der Waals surface area contributed by atoms with Crippen LogP contribution in [0.25, 0.3) is 0 Å². The third-order valence-corrected chi connectivity index (χ3v) is 4.52. The zero-order chi connectivity index (χ0) is 21.4. The Hall–Kier alpha value is -2.11. The molecule has 0 fully saturated rings. The average Bonchev–Trinajstić information content (AvgIpc) is 2.68. The number of likely N-dealkylation sites (N-methyl/N-ethyl adjacent to an activating group) is 1. The number of nitro benzene ring substituents is 1. The predicted molar refractivity (Wildman–Crippen MR) is 130 cm³/mol. The largest absolute Gasteiger partial charge is 0.352 e. The second kappa shape index (κ2) is 12.6. The number of carbonyl (C=O) groups excluding carboxylic acids is 1. The summed E-state index contributed by atoms with van der Waals surface area (Å²) in [7, 11) is 3.33. The van der Waals surface area contributed by atoms with Crippen LogP contribution in [0.2, 0.25) is 10.0 Å². The minimum atomic E-state index is -0.454. The first kappa shape index (κ1) is 25.9. The Balaban J connectivity index is 0.00000450. The summed E-state index contributed by atoms with van der Waals surface area (Å²) >= 11 is 12.1. The highest BCUT2D eigenvalue weighted by Gasteiger charge is 2.08. The molecule has 8 nitrogen and oxygen atoms in total. The number of aliphatic imine (C=N–C) groups is 1. The Kier molecular flexibility index (Phi) is 10.8. The van der Waals surface area contributed by atoms with Crippen LogP contribution in [-0.4, -0.2) is 42.3 Å². The molecule has 30 heavy (non-hydrogen) atoms. The molecule has 0 unspecified atom stereocenters. The number of nitrogens with one attached hydrogen (secondary N) is 2. The van der Waals surface area contributed by atoms with Crippen molar-refractivity contribution in [2.24, 2.45) is 4.99 Å². The number of nitro groups is 1. The van der Waals surface area contributed by atoms with Gasteiger partial charge in [0.15, 0.2) is 5.96 Å². The summed E-state index contributed by atoms with van der Waals surface area (Å²) in [5.74, 6) is 0.295. The standard InChI is InChI=1S/C19H21Cl2N5O3.HI/c1-25(2)18(27)12-24-19(23-11-14-5-6-15(20)9-17(14)21)22-10-13-3-7-16(8-4-13)26(28)29;/h3-9H,10-12H2,1-2H3,(H2,22,23,24);1H. The third-order valence-electron chi connectivity index (χ3n) is 3.93. The maximum Gasteiger partial charge on any atom is 0.269 e. The smallest absolute Gasteiger partial charge is 0.269 e. The van der Waals surface area contributed by atoms with Gasteiger partial charge in [-0.2, -0.15) is 0 Å². The van der Waals surface area contributed by atoms with E-state index in [1.54, 1.807) is 44.4 Å². The molecule has 0 spiro atoms. The van der Waals surface area contributed by atoms with Gasteiger partial charge < -0.3 is 15.5 Å². The first-order valence-electron chi connectivity index (χ1n) is 8.66. The van der Waals surface area contributed by atoms with Crippen LogP contribution in [0.4, 0.5) is 5.69 Å². The maximum absolute atomic E-state index is 11.9. The SMILES string of the molecule is CN(C)C(=O)CNC(=NCc1ccc([N+](=O)[O-])cc1)NCc1ccc(Cl)cc1Cl.I. The number of carbonyl (C=O) groups is 1. The Morgan fingerprint density at radius 1 is 1.13 bits per heavy atom.